The van der Waals surface area contributed by atoms with Gasteiger partial charge in [-0.2, -0.15) is 10.2 Å². The van der Waals surface area contributed by atoms with E-state index in [1.165, 1.54) is 6.33 Å². The molecule has 2 rings (SSSR count). The zero-order valence-corrected chi connectivity index (χ0v) is 11.0. The molecule has 0 saturated heterocycles. The Hall–Kier alpha value is -2.31. The smallest absolute Gasteiger partial charge is 0.138 e. The quantitative estimate of drug-likeness (QED) is 0.514. The van der Waals surface area contributed by atoms with Gasteiger partial charge < -0.3 is 0 Å². The van der Waals surface area contributed by atoms with Crippen LogP contribution in [0.2, 0.25) is 0 Å². The lowest BCUT2D eigenvalue weighted by Gasteiger charge is -1.94. The molecule has 0 aliphatic rings. The molecule has 0 N–H and O–H groups in total. The Bertz CT molecular complexity index is 445. The Kier molecular flexibility index (Phi) is 5.43. The molecule has 0 unspecified atom stereocenters. The highest BCUT2D eigenvalue weighted by molar-refractivity contribution is 5.81. The molecule has 0 saturated carbocycles. The van der Waals surface area contributed by atoms with Crippen LogP contribution in [0.25, 0.3) is 0 Å². The summed E-state index contributed by atoms with van der Waals surface area (Å²) in [6, 6.07) is 1.87. The minimum absolute atomic E-state index is 0.840. The minimum atomic E-state index is 0.840. The van der Waals surface area contributed by atoms with Crippen LogP contribution in [0.15, 0.2) is 41.1 Å². The summed E-state index contributed by atoms with van der Waals surface area (Å²) < 4.78 is 3.33. The third kappa shape index (κ3) is 3.93. The third-order valence-corrected chi connectivity index (χ3v) is 2.23. The van der Waals surface area contributed by atoms with Crippen LogP contribution in [0.1, 0.15) is 13.8 Å². The highest BCUT2D eigenvalue weighted by Gasteiger charge is 1.90. The Morgan fingerprint density at radius 2 is 1.67 bits per heavy atom. The summed E-state index contributed by atoms with van der Waals surface area (Å²) >= 11 is 0. The minimum Gasteiger partial charge on any atom is -0.274 e. The molecule has 0 aliphatic heterocycles. The Morgan fingerprint density at radius 1 is 1.00 bits per heavy atom. The van der Waals surface area contributed by atoms with Gasteiger partial charge in [0.1, 0.15) is 24.3 Å². The molecule has 0 aliphatic carbocycles. The van der Waals surface area contributed by atoms with Crippen molar-refractivity contribution in [2.75, 3.05) is 14.1 Å². The van der Waals surface area contributed by atoms with Crippen LogP contribution in [0, 0.1) is 0 Å². The summed E-state index contributed by atoms with van der Waals surface area (Å²) in [4.78, 5) is 11.6. The van der Waals surface area contributed by atoms with E-state index in [-0.39, 0.29) is 0 Å². The van der Waals surface area contributed by atoms with Crippen molar-refractivity contribution in [3.8, 4) is 0 Å². The first kappa shape index (κ1) is 13.8. The van der Waals surface area contributed by atoms with Crippen LogP contribution in [0.5, 0.6) is 0 Å². The molecule has 0 spiro atoms. The van der Waals surface area contributed by atoms with Gasteiger partial charge in [0.2, 0.25) is 0 Å². The maximum absolute atomic E-state index is 3.97. The van der Waals surface area contributed by atoms with E-state index in [1.807, 2.05) is 26.1 Å². The topological polar surface area (TPSA) is 73.2 Å². The van der Waals surface area contributed by atoms with Crippen molar-refractivity contribution in [1.82, 2.24) is 24.5 Å². The highest BCUT2D eigenvalue weighted by Crippen LogP contribution is 1.83. The molecule has 7 heteroatoms. The van der Waals surface area contributed by atoms with Crippen LogP contribution >= 0.6 is 0 Å². The fourth-order valence-electron chi connectivity index (χ4n) is 1.04. The molecule has 2 aromatic heterocycles. The van der Waals surface area contributed by atoms with Crippen molar-refractivity contribution in [2.45, 2.75) is 13.8 Å². The first-order chi connectivity index (χ1) is 8.69. The lowest BCUT2D eigenvalue weighted by Crippen LogP contribution is -2.06. The van der Waals surface area contributed by atoms with Crippen LogP contribution in [-0.4, -0.2) is 50.3 Å². The van der Waals surface area contributed by atoms with E-state index in [9.17, 15) is 0 Å². The van der Waals surface area contributed by atoms with Gasteiger partial charge in [-0.3, -0.25) is 9.98 Å². The van der Waals surface area contributed by atoms with Crippen molar-refractivity contribution in [3.63, 3.8) is 0 Å². The molecular weight excluding hydrogens is 230 g/mol. The van der Waals surface area contributed by atoms with Gasteiger partial charge in [-0.25, -0.2) is 14.3 Å². The van der Waals surface area contributed by atoms with E-state index in [0.29, 0.717) is 0 Å². The zero-order valence-electron chi connectivity index (χ0n) is 11.0. The van der Waals surface area contributed by atoms with E-state index in [2.05, 4.69) is 25.2 Å². The van der Waals surface area contributed by atoms with E-state index < -0.39 is 0 Å². The van der Waals surface area contributed by atoms with Gasteiger partial charge in [0.25, 0.3) is 0 Å². The Morgan fingerprint density at radius 3 is 2.11 bits per heavy atom. The summed E-state index contributed by atoms with van der Waals surface area (Å²) in [6.45, 7) is 3.78. The van der Waals surface area contributed by atoms with Gasteiger partial charge in [0, 0.05) is 26.5 Å². The molecule has 18 heavy (non-hydrogen) atoms. The average molecular weight is 247 g/mol. The molecule has 7 nitrogen and oxygen atoms in total. The van der Waals surface area contributed by atoms with Gasteiger partial charge in [0.05, 0.1) is 0 Å². The summed E-state index contributed by atoms with van der Waals surface area (Å²) in [5.41, 5.74) is 0. The molecular formula is C11H17N7. The lowest BCUT2D eigenvalue weighted by molar-refractivity contribution is 0.921. The van der Waals surface area contributed by atoms with Crippen LogP contribution in [-0.2, 0) is 0 Å². The predicted octanol–water partition coefficient (Wildman–Crippen LogP) is 0.954. The van der Waals surface area contributed by atoms with E-state index >= 15 is 0 Å². The van der Waals surface area contributed by atoms with Gasteiger partial charge in [0.15, 0.2) is 0 Å². The molecule has 0 amide bonds. The predicted molar refractivity (Wildman–Crippen MR) is 71.1 cm³/mol. The zero-order chi connectivity index (χ0) is 13.4. The molecule has 0 bridgehead atoms. The maximum Gasteiger partial charge on any atom is 0.138 e. The fourth-order valence-corrected chi connectivity index (χ4v) is 1.04. The molecule has 0 radical (unpaired) electrons. The van der Waals surface area contributed by atoms with Crippen molar-refractivity contribution in [3.05, 3.63) is 31.1 Å². The number of aliphatic imine (C=N–C) groups is 2. The van der Waals surface area contributed by atoms with Crippen molar-refractivity contribution < 1.29 is 0 Å². The summed E-state index contributed by atoms with van der Waals surface area (Å²) in [5.74, 6) is 1.74. The summed E-state index contributed by atoms with van der Waals surface area (Å²) in [5, 5.41) is 7.83. The maximum atomic E-state index is 3.97. The van der Waals surface area contributed by atoms with Gasteiger partial charge >= 0.3 is 0 Å². The van der Waals surface area contributed by atoms with Gasteiger partial charge in [-0.05, 0) is 19.9 Å². The molecule has 96 valence electrons. The monoisotopic (exact) mass is 247 g/mol. The SMILES string of the molecule is CN=C(C)n1cccn1.CN=C(C)n1cncn1. The number of nitrogens with zero attached hydrogens (tertiary/aromatic N) is 7. The third-order valence-electron chi connectivity index (χ3n) is 2.23. The average Bonchev–Trinajstić information content (AvgIpc) is 3.09. The van der Waals surface area contributed by atoms with E-state index in [0.717, 1.165) is 11.7 Å². The Labute approximate surface area is 106 Å². The second-order valence-electron chi connectivity index (χ2n) is 3.33. The van der Waals surface area contributed by atoms with Crippen LogP contribution in [0.3, 0.4) is 0 Å². The van der Waals surface area contributed by atoms with E-state index in [1.54, 1.807) is 36.0 Å². The largest absolute Gasteiger partial charge is 0.274 e. The molecule has 2 heterocycles. The second kappa shape index (κ2) is 7.10. The van der Waals surface area contributed by atoms with Crippen LogP contribution in [0.4, 0.5) is 0 Å². The van der Waals surface area contributed by atoms with Crippen molar-refractivity contribution in [2.24, 2.45) is 9.98 Å². The first-order valence-electron chi connectivity index (χ1n) is 5.40. The number of rotatable bonds is 0. The van der Waals surface area contributed by atoms with E-state index in [4.69, 9.17) is 0 Å². The Balaban J connectivity index is 0.000000180. The second-order valence-corrected chi connectivity index (χ2v) is 3.33. The number of hydrogen-bond acceptors (Lipinski definition) is 5. The van der Waals surface area contributed by atoms with Gasteiger partial charge in [-0.1, -0.05) is 0 Å². The van der Waals surface area contributed by atoms with Gasteiger partial charge in [-0.15, -0.1) is 0 Å². The molecule has 2 aromatic rings. The number of aromatic nitrogens is 5. The first-order valence-corrected chi connectivity index (χ1v) is 5.40. The molecule has 0 atom stereocenters. The lowest BCUT2D eigenvalue weighted by atomic mass is 10.6. The highest BCUT2D eigenvalue weighted by atomic mass is 15.3. The van der Waals surface area contributed by atoms with Crippen LogP contribution < -0.4 is 0 Å². The summed E-state index contributed by atoms with van der Waals surface area (Å²) in [7, 11) is 3.47. The standard InChI is InChI=1S/C6H9N3.C5H8N4/c1-6(7-2)9-5-3-4-8-9;1-5(6-2)9-4-7-3-8-9/h3-5H,1-2H3;3-4H,1-2H3. The molecule has 0 fully saturated rings. The normalized spacial score (nSPS) is 12.0. The fraction of sp³-hybridized carbons (Fsp3) is 0.364. The molecule has 0 aromatic carbocycles. The van der Waals surface area contributed by atoms with Crippen molar-refractivity contribution in [1.29, 1.82) is 0 Å². The van der Waals surface area contributed by atoms with Crippen molar-refractivity contribution >= 4 is 11.7 Å². The summed E-state index contributed by atoms with van der Waals surface area (Å²) in [6.07, 6.45) is 6.69. The number of hydrogen-bond donors (Lipinski definition) is 0.